The second-order valence-electron chi connectivity index (χ2n) is 1.96. The van der Waals surface area contributed by atoms with Gasteiger partial charge in [-0.25, -0.2) is 4.98 Å². The zero-order valence-electron chi connectivity index (χ0n) is 5.98. The van der Waals surface area contributed by atoms with Gasteiger partial charge in [-0.3, -0.25) is 0 Å². The third-order valence-corrected chi connectivity index (χ3v) is 1.96. The van der Waals surface area contributed by atoms with Crippen LogP contribution in [0.1, 0.15) is 10.7 Å². The molecule has 0 aliphatic rings. The van der Waals surface area contributed by atoms with Gasteiger partial charge in [0.15, 0.2) is 0 Å². The van der Waals surface area contributed by atoms with E-state index in [9.17, 15) is 0 Å². The Morgan fingerprint density at radius 3 is 2.91 bits per heavy atom. The molecule has 1 rings (SSSR count). The monoisotopic (exact) mass is 172 g/mol. The Hall–Kier alpha value is -0.940. The highest BCUT2D eigenvalue weighted by molar-refractivity contribution is 7.09. The molecule has 5 heteroatoms. The Kier molecular flexibility index (Phi) is 2.56. The molecule has 0 saturated heterocycles. The van der Waals surface area contributed by atoms with Crippen LogP contribution < -0.4 is 0 Å². The number of rotatable bonds is 2. The molecule has 0 amide bonds. The standard InChI is InChI=1S/C6H8N2O2S/c1-4-7-6(3-11-4)5(2-9)8-10/h3,9-10H,2H2,1H3/b8-5+. The molecule has 0 saturated carbocycles. The molecule has 2 N–H and O–H groups in total. The van der Waals surface area contributed by atoms with E-state index in [0.29, 0.717) is 5.69 Å². The predicted octanol–water partition coefficient (Wildman–Crippen LogP) is 0.622. The highest BCUT2D eigenvalue weighted by Crippen LogP contribution is 2.08. The van der Waals surface area contributed by atoms with E-state index in [-0.39, 0.29) is 12.3 Å². The molecule has 1 aromatic rings. The van der Waals surface area contributed by atoms with E-state index >= 15 is 0 Å². The van der Waals surface area contributed by atoms with Crippen molar-refractivity contribution in [2.75, 3.05) is 6.61 Å². The molecular weight excluding hydrogens is 164 g/mol. The third-order valence-electron chi connectivity index (χ3n) is 1.19. The zero-order chi connectivity index (χ0) is 8.27. The normalized spacial score (nSPS) is 12.0. The highest BCUT2D eigenvalue weighted by atomic mass is 32.1. The maximum atomic E-state index is 8.66. The van der Waals surface area contributed by atoms with Crippen LogP contribution in [-0.2, 0) is 0 Å². The van der Waals surface area contributed by atoms with E-state index < -0.39 is 0 Å². The number of hydrogen-bond donors (Lipinski definition) is 2. The molecular formula is C6H8N2O2S. The van der Waals surface area contributed by atoms with E-state index in [0.717, 1.165) is 5.01 Å². The van der Waals surface area contributed by atoms with Gasteiger partial charge in [0.25, 0.3) is 0 Å². The fourth-order valence-corrected chi connectivity index (χ4v) is 1.28. The Morgan fingerprint density at radius 1 is 1.82 bits per heavy atom. The maximum Gasteiger partial charge on any atom is 0.131 e. The van der Waals surface area contributed by atoms with Gasteiger partial charge in [0, 0.05) is 5.38 Å². The summed E-state index contributed by atoms with van der Waals surface area (Å²) in [4.78, 5) is 4.02. The van der Waals surface area contributed by atoms with Crippen LogP contribution in [0.3, 0.4) is 0 Å². The maximum absolute atomic E-state index is 8.66. The van der Waals surface area contributed by atoms with E-state index in [2.05, 4.69) is 10.1 Å². The lowest BCUT2D eigenvalue weighted by molar-refractivity contribution is 0.303. The molecule has 11 heavy (non-hydrogen) atoms. The van der Waals surface area contributed by atoms with Gasteiger partial charge >= 0.3 is 0 Å². The first-order valence-electron chi connectivity index (χ1n) is 3.02. The summed E-state index contributed by atoms with van der Waals surface area (Å²) in [5.74, 6) is 0. The molecule has 0 aromatic carbocycles. The van der Waals surface area contributed by atoms with Crippen molar-refractivity contribution in [1.82, 2.24) is 4.98 Å². The molecule has 1 heterocycles. The lowest BCUT2D eigenvalue weighted by atomic mass is 10.3. The fraction of sp³-hybridized carbons (Fsp3) is 0.333. The van der Waals surface area contributed by atoms with Crippen molar-refractivity contribution < 1.29 is 10.3 Å². The molecule has 0 aliphatic carbocycles. The number of aliphatic hydroxyl groups is 1. The molecule has 0 fully saturated rings. The van der Waals surface area contributed by atoms with Gasteiger partial charge in [0.2, 0.25) is 0 Å². The zero-order valence-corrected chi connectivity index (χ0v) is 6.80. The smallest absolute Gasteiger partial charge is 0.131 e. The summed E-state index contributed by atoms with van der Waals surface area (Å²) in [6.07, 6.45) is 0. The number of aliphatic hydroxyl groups excluding tert-OH is 1. The van der Waals surface area contributed by atoms with E-state index in [1.54, 1.807) is 5.38 Å². The molecule has 60 valence electrons. The minimum atomic E-state index is -0.292. The van der Waals surface area contributed by atoms with E-state index in [1.165, 1.54) is 11.3 Å². The van der Waals surface area contributed by atoms with Crippen LogP contribution in [0.5, 0.6) is 0 Å². The molecule has 0 unspecified atom stereocenters. The van der Waals surface area contributed by atoms with E-state index in [1.807, 2.05) is 6.92 Å². The number of aryl methyl sites for hydroxylation is 1. The number of oxime groups is 1. The molecule has 0 radical (unpaired) electrons. The lowest BCUT2D eigenvalue weighted by Gasteiger charge is -1.92. The van der Waals surface area contributed by atoms with Crippen LogP contribution >= 0.6 is 11.3 Å². The van der Waals surface area contributed by atoms with E-state index in [4.69, 9.17) is 10.3 Å². The van der Waals surface area contributed by atoms with Gasteiger partial charge in [-0.1, -0.05) is 5.16 Å². The molecule has 4 nitrogen and oxygen atoms in total. The summed E-state index contributed by atoms with van der Waals surface area (Å²) in [5, 5.41) is 22.6. The second kappa shape index (κ2) is 3.45. The van der Waals surface area contributed by atoms with Crippen molar-refractivity contribution in [3.8, 4) is 0 Å². The SMILES string of the molecule is Cc1nc(/C(CO)=N/O)cs1. The lowest BCUT2D eigenvalue weighted by Crippen LogP contribution is -2.06. The molecule has 0 bridgehead atoms. The number of hydrogen-bond acceptors (Lipinski definition) is 5. The Bertz CT molecular complexity index is 269. The van der Waals surface area contributed by atoms with Gasteiger partial charge < -0.3 is 10.3 Å². The topological polar surface area (TPSA) is 65.7 Å². The van der Waals surface area contributed by atoms with Crippen LogP contribution in [0.15, 0.2) is 10.5 Å². The van der Waals surface area contributed by atoms with Crippen molar-refractivity contribution in [2.24, 2.45) is 5.16 Å². The van der Waals surface area contributed by atoms with Crippen molar-refractivity contribution in [2.45, 2.75) is 6.92 Å². The largest absolute Gasteiger partial charge is 0.411 e. The first-order valence-corrected chi connectivity index (χ1v) is 3.90. The molecule has 0 aliphatic heterocycles. The summed E-state index contributed by atoms with van der Waals surface area (Å²) in [6.45, 7) is 1.56. The van der Waals surface area contributed by atoms with Crippen LogP contribution in [-0.4, -0.2) is 27.6 Å². The van der Waals surface area contributed by atoms with Gasteiger partial charge in [-0.2, -0.15) is 0 Å². The van der Waals surface area contributed by atoms with Gasteiger partial charge in [-0.15, -0.1) is 11.3 Å². The Balaban J connectivity index is 2.91. The highest BCUT2D eigenvalue weighted by Gasteiger charge is 2.05. The minimum absolute atomic E-state index is 0.203. The molecule has 0 atom stereocenters. The number of aromatic nitrogens is 1. The summed E-state index contributed by atoms with van der Waals surface area (Å²) < 4.78 is 0. The third kappa shape index (κ3) is 1.75. The van der Waals surface area contributed by atoms with Gasteiger partial charge in [-0.05, 0) is 6.92 Å². The first-order chi connectivity index (χ1) is 5.27. The Labute approximate surface area is 67.8 Å². The molecule has 1 aromatic heterocycles. The first kappa shape index (κ1) is 8.16. The van der Waals surface area contributed by atoms with Crippen molar-refractivity contribution in [3.63, 3.8) is 0 Å². The average molecular weight is 172 g/mol. The van der Waals surface area contributed by atoms with Crippen molar-refractivity contribution in [3.05, 3.63) is 16.1 Å². The summed E-state index contributed by atoms with van der Waals surface area (Å²) in [6, 6.07) is 0. The fourth-order valence-electron chi connectivity index (χ4n) is 0.660. The summed E-state index contributed by atoms with van der Waals surface area (Å²) in [5.41, 5.74) is 0.742. The second-order valence-corrected chi connectivity index (χ2v) is 3.02. The van der Waals surface area contributed by atoms with Gasteiger partial charge in [0.05, 0.1) is 11.6 Å². The average Bonchev–Trinajstić information content (AvgIpc) is 2.39. The summed E-state index contributed by atoms with van der Waals surface area (Å²) in [7, 11) is 0. The number of thiazole rings is 1. The van der Waals surface area contributed by atoms with Crippen LogP contribution in [0.25, 0.3) is 0 Å². The van der Waals surface area contributed by atoms with Crippen LogP contribution in [0, 0.1) is 6.92 Å². The van der Waals surface area contributed by atoms with Gasteiger partial charge in [0.1, 0.15) is 11.4 Å². The van der Waals surface area contributed by atoms with Crippen molar-refractivity contribution >= 4 is 17.0 Å². The Morgan fingerprint density at radius 2 is 2.55 bits per heavy atom. The van der Waals surface area contributed by atoms with Crippen molar-refractivity contribution in [1.29, 1.82) is 0 Å². The predicted molar refractivity (Wildman–Crippen MR) is 42.3 cm³/mol. The van der Waals surface area contributed by atoms with Crippen LogP contribution in [0.2, 0.25) is 0 Å². The minimum Gasteiger partial charge on any atom is -0.411 e. The summed E-state index contributed by atoms with van der Waals surface area (Å²) >= 11 is 1.45. The molecule has 0 spiro atoms. The quantitative estimate of drug-likeness (QED) is 0.390. The van der Waals surface area contributed by atoms with Crippen LogP contribution in [0.4, 0.5) is 0 Å². The number of nitrogens with zero attached hydrogens (tertiary/aromatic N) is 2.